The largest absolute Gasteiger partial charge is 0.491 e. The molecular weight excluding hydrogens is 383 g/mol. The van der Waals surface area contributed by atoms with Gasteiger partial charge in [-0.1, -0.05) is 35.0 Å². The van der Waals surface area contributed by atoms with Crippen molar-refractivity contribution in [1.82, 2.24) is 10.5 Å². The average molecular weight is 406 g/mol. The molecule has 1 heterocycles. The van der Waals surface area contributed by atoms with E-state index in [0.717, 1.165) is 10.9 Å². The van der Waals surface area contributed by atoms with Crippen molar-refractivity contribution in [2.45, 2.75) is 19.6 Å². The van der Waals surface area contributed by atoms with E-state index in [1.807, 2.05) is 24.3 Å². The molecule has 5 nitrogen and oxygen atoms in total. The third-order valence-electron chi connectivity index (χ3n) is 4.83. The van der Waals surface area contributed by atoms with Gasteiger partial charge < -0.3 is 19.7 Å². The maximum atomic E-state index is 13.3. The number of aromatic nitrogens is 1. The van der Waals surface area contributed by atoms with Crippen molar-refractivity contribution < 1.29 is 18.8 Å². The summed E-state index contributed by atoms with van der Waals surface area (Å²) in [6.45, 7) is 3.38. The first-order valence-corrected chi connectivity index (χ1v) is 9.81. The Labute approximate surface area is 174 Å². The molecule has 4 aromatic rings. The zero-order valence-corrected chi connectivity index (χ0v) is 16.6. The number of halogens is 1. The topological polar surface area (TPSA) is 67.5 Å². The second-order valence-electron chi connectivity index (χ2n) is 7.28. The second kappa shape index (κ2) is 9.07. The van der Waals surface area contributed by atoms with Crippen molar-refractivity contribution in [3.63, 3.8) is 0 Å². The Morgan fingerprint density at radius 1 is 1.07 bits per heavy atom. The van der Waals surface area contributed by atoms with Crippen LogP contribution in [0, 0.1) is 12.7 Å². The fourth-order valence-corrected chi connectivity index (χ4v) is 3.17. The Morgan fingerprint density at radius 2 is 1.83 bits per heavy atom. The lowest BCUT2D eigenvalue weighted by Crippen LogP contribution is -2.31. The number of aliphatic hydroxyl groups is 1. The fraction of sp³-hybridized carbons (Fsp3) is 0.208. The minimum absolute atomic E-state index is 0.187. The van der Waals surface area contributed by atoms with E-state index in [0.29, 0.717) is 30.1 Å². The lowest BCUT2D eigenvalue weighted by Gasteiger charge is -2.13. The van der Waals surface area contributed by atoms with Crippen LogP contribution in [0.1, 0.15) is 11.1 Å². The number of nitrogens with zero attached hydrogens (tertiary/aromatic N) is 1. The molecule has 0 radical (unpaired) electrons. The van der Waals surface area contributed by atoms with Gasteiger partial charge in [-0.15, -0.1) is 0 Å². The first kappa shape index (κ1) is 20.1. The van der Waals surface area contributed by atoms with E-state index < -0.39 is 6.10 Å². The second-order valence-corrected chi connectivity index (χ2v) is 7.28. The maximum absolute atomic E-state index is 13.3. The van der Waals surface area contributed by atoms with E-state index >= 15 is 0 Å². The van der Waals surface area contributed by atoms with Gasteiger partial charge in [0, 0.05) is 30.1 Å². The molecule has 0 aliphatic rings. The number of hydrogen-bond donors (Lipinski definition) is 2. The number of nitrogens with one attached hydrogen (secondary N) is 1. The maximum Gasteiger partial charge on any atom is 0.170 e. The summed E-state index contributed by atoms with van der Waals surface area (Å²) in [7, 11) is 0. The van der Waals surface area contributed by atoms with Crippen LogP contribution in [-0.4, -0.2) is 29.5 Å². The van der Waals surface area contributed by atoms with Gasteiger partial charge in [0.05, 0.1) is 0 Å². The zero-order valence-electron chi connectivity index (χ0n) is 16.6. The summed E-state index contributed by atoms with van der Waals surface area (Å²) >= 11 is 0. The van der Waals surface area contributed by atoms with Crippen LogP contribution in [0.4, 0.5) is 4.39 Å². The van der Waals surface area contributed by atoms with Crippen LogP contribution in [0.2, 0.25) is 0 Å². The molecule has 0 bridgehead atoms. The molecule has 0 saturated heterocycles. The molecule has 0 spiro atoms. The highest BCUT2D eigenvalue weighted by Gasteiger charge is 2.11. The predicted molar refractivity (Wildman–Crippen MR) is 114 cm³/mol. The highest BCUT2D eigenvalue weighted by molar-refractivity contribution is 5.91. The van der Waals surface area contributed by atoms with Crippen LogP contribution in [0.5, 0.6) is 5.75 Å². The van der Waals surface area contributed by atoms with Gasteiger partial charge in [0.2, 0.25) is 0 Å². The van der Waals surface area contributed by atoms with Crippen molar-refractivity contribution in [1.29, 1.82) is 0 Å². The molecule has 1 aromatic heterocycles. The monoisotopic (exact) mass is 406 g/mol. The molecule has 0 amide bonds. The normalized spacial score (nSPS) is 12.2. The molecular formula is C24H23FN2O3. The van der Waals surface area contributed by atoms with Crippen LogP contribution in [0.25, 0.3) is 22.2 Å². The summed E-state index contributed by atoms with van der Waals surface area (Å²) in [5.41, 5.74) is 4.30. The summed E-state index contributed by atoms with van der Waals surface area (Å²) in [4.78, 5) is 0. The zero-order chi connectivity index (χ0) is 20.9. The number of fused-ring (bicyclic) bond motifs is 1. The van der Waals surface area contributed by atoms with Gasteiger partial charge in [-0.3, -0.25) is 0 Å². The van der Waals surface area contributed by atoms with Crippen molar-refractivity contribution in [3.05, 3.63) is 83.7 Å². The Morgan fingerprint density at radius 3 is 2.60 bits per heavy atom. The number of hydrogen-bond acceptors (Lipinski definition) is 5. The van der Waals surface area contributed by atoms with E-state index in [4.69, 9.17) is 9.26 Å². The third-order valence-corrected chi connectivity index (χ3v) is 4.83. The van der Waals surface area contributed by atoms with Crippen molar-refractivity contribution >= 4 is 11.0 Å². The Bertz CT molecular complexity index is 1110. The average Bonchev–Trinajstić information content (AvgIpc) is 3.17. The summed E-state index contributed by atoms with van der Waals surface area (Å²) in [5, 5.41) is 18.2. The van der Waals surface area contributed by atoms with E-state index in [1.165, 1.54) is 23.3 Å². The van der Waals surface area contributed by atoms with Crippen LogP contribution in [-0.2, 0) is 6.54 Å². The van der Waals surface area contributed by atoms with E-state index in [-0.39, 0.29) is 12.4 Å². The van der Waals surface area contributed by atoms with E-state index in [2.05, 4.69) is 41.7 Å². The highest BCUT2D eigenvalue weighted by Crippen LogP contribution is 2.29. The number of aliphatic hydroxyl groups excluding tert-OH is 1. The van der Waals surface area contributed by atoms with Crippen LogP contribution in [0.3, 0.4) is 0 Å². The van der Waals surface area contributed by atoms with Crippen LogP contribution >= 0.6 is 0 Å². The molecule has 6 heteroatoms. The van der Waals surface area contributed by atoms with Gasteiger partial charge >= 0.3 is 0 Å². The van der Waals surface area contributed by atoms with Crippen molar-refractivity contribution in [2.24, 2.45) is 0 Å². The number of benzene rings is 3. The Kier molecular flexibility index (Phi) is 6.07. The quantitative estimate of drug-likeness (QED) is 0.452. The first-order chi connectivity index (χ1) is 14.6. The molecule has 0 saturated carbocycles. The Balaban J connectivity index is 1.28. The lowest BCUT2D eigenvalue weighted by molar-refractivity contribution is 0.106. The van der Waals surface area contributed by atoms with Gasteiger partial charge in [-0.2, -0.15) is 0 Å². The first-order valence-electron chi connectivity index (χ1n) is 9.81. The molecule has 1 unspecified atom stereocenters. The van der Waals surface area contributed by atoms with Crippen LogP contribution < -0.4 is 10.1 Å². The van der Waals surface area contributed by atoms with E-state index in [1.54, 1.807) is 6.07 Å². The molecule has 154 valence electrons. The molecule has 0 aliphatic heterocycles. The Hall–Kier alpha value is -3.22. The summed E-state index contributed by atoms with van der Waals surface area (Å²) in [5.74, 6) is 0.288. The highest BCUT2D eigenvalue weighted by atomic mass is 19.1. The molecule has 2 N–H and O–H groups in total. The summed E-state index contributed by atoms with van der Waals surface area (Å²) < 4.78 is 24.2. The smallest absolute Gasteiger partial charge is 0.170 e. The fourth-order valence-electron chi connectivity index (χ4n) is 3.17. The molecule has 1 atom stereocenters. The molecule has 30 heavy (non-hydrogen) atoms. The van der Waals surface area contributed by atoms with Gasteiger partial charge in [-0.25, -0.2) is 4.39 Å². The predicted octanol–water partition coefficient (Wildman–Crippen LogP) is 4.47. The molecule has 3 aromatic carbocycles. The molecule has 0 aliphatic carbocycles. The van der Waals surface area contributed by atoms with Crippen molar-refractivity contribution in [2.75, 3.05) is 13.2 Å². The SMILES string of the molecule is Cc1ccc(CNCC(O)COc2ccc(-c3noc4cc(F)ccc34)cc2)cc1. The van der Waals surface area contributed by atoms with E-state index in [9.17, 15) is 9.50 Å². The summed E-state index contributed by atoms with van der Waals surface area (Å²) in [6.07, 6.45) is -0.621. The molecule has 4 rings (SSSR count). The number of ether oxygens (including phenoxy) is 1. The van der Waals surface area contributed by atoms with Gasteiger partial charge in [0.1, 0.15) is 30.0 Å². The van der Waals surface area contributed by atoms with Crippen LogP contribution in [0.15, 0.2) is 71.3 Å². The third kappa shape index (κ3) is 4.84. The van der Waals surface area contributed by atoms with Gasteiger partial charge in [0.15, 0.2) is 5.58 Å². The lowest BCUT2D eigenvalue weighted by atomic mass is 10.1. The minimum atomic E-state index is -0.621. The minimum Gasteiger partial charge on any atom is -0.491 e. The molecule has 0 fully saturated rings. The summed E-state index contributed by atoms with van der Waals surface area (Å²) in [6, 6.07) is 20.0. The number of aryl methyl sites for hydroxylation is 1. The standard InChI is InChI=1S/C24H23FN2O3/c1-16-2-4-17(5-3-16)13-26-14-20(28)15-29-21-9-6-18(7-10-21)24-22-11-8-19(25)12-23(22)30-27-24/h2-12,20,26,28H,13-15H2,1H3. The van der Waals surface area contributed by atoms with Gasteiger partial charge in [0.25, 0.3) is 0 Å². The van der Waals surface area contributed by atoms with Gasteiger partial charge in [-0.05, 0) is 48.9 Å². The number of rotatable bonds is 8. The van der Waals surface area contributed by atoms with Crippen molar-refractivity contribution in [3.8, 4) is 17.0 Å².